The number of phenolic OH excluding ortho intramolecular Hbond substituents is 2. The van der Waals surface area contributed by atoms with E-state index in [1.54, 1.807) is 12.1 Å². The quantitative estimate of drug-likeness (QED) is 0.613. The van der Waals surface area contributed by atoms with Crippen LogP contribution in [0.4, 0.5) is 0 Å². The number of rotatable bonds is 2. The highest BCUT2D eigenvalue weighted by Crippen LogP contribution is 2.26. The van der Waals surface area contributed by atoms with Crippen molar-refractivity contribution in [3.05, 3.63) is 59.2 Å². The number of aryl methyl sites for hydroxylation is 1. The van der Waals surface area contributed by atoms with E-state index in [0.717, 1.165) is 5.56 Å². The first-order valence-electron chi connectivity index (χ1n) is 5.21. The van der Waals surface area contributed by atoms with E-state index in [0.29, 0.717) is 11.1 Å². The Bertz CT molecular complexity index is 556. The maximum Gasteiger partial charge on any atom is 0.193 e. The van der Waals surface area contributed by atoms with E-state index in [1.165, 1.54) is 18.2 Å². The molecule has 0 amide bonds. The maximum atomic E-state index is 12.0. The van der Waals surface area contributed by atoms with Gasteiger partial charge in [-0.1, -0.05) is 29.8 Å². The number of aromatic hydroxyl groups is 2. The van der Waals surface area contributed by atoms with E-state index in [1.807, 2.05) is 19.1 Å². The zero-order valence-corrected chi connectivity index (χ0v) is 9.34. The lowest BCUT2D eigenvalue weighted by Crippen LogP contribution is -2.00. The summed E-state index contributed by atoms with van der Waals surface area (Å²) in [6, 6.07) is 11.2. The molecule has 0 aliphatic heterocycles. The summed E-state index contributed by atoms with van der Waals surface area (Å²) in [7, 11) is 0. The molecule has 17 heavy (non-hydrogen) atoms. The fraction of sp³-hybridized carbons (Fsp3) is 0.0714. The Morgan fingerprint density at radius 2 is 1.47 bits per heavy atom. The minimum atomic E-state index is -0.289. The first kappa shape index (κ1) is 11.2. The summed E-state index contributed by atoms with van der Waals surface area (Å²) in [5.74, 6) is -0.700. The highest BCUT2D eigenvalue weighted by Gasteiger charge is 2.10. The molecule has 0 saturated heterocycles. The van der Waals surface area contributed by atoms with Crippen molar-refractivity contribution in [1.29, 1.82) is 0 Å². The largest absolute Gasteiger partial charge is 0.504 e. The second kappa shape index (κ2) is 4.29. The summed E-state index contributed by atoms with van der Waals surface area (Å²) in [4.78, 5) is 12.0. The first-order chi connectivity index (χ1) is 8.08. The molecule has 0 fully saturated rings. The predicted molar refractivity (Wildman–Crippen MR) is 64.4 cm³/mol. The Labute approximate surface area is 99.0 Å². The second-order valence-electron chi connectivity index (χ2n) is 3.90. The van der Waals surface area contributed by atoms with E-state index in [-0.39, 0.29) is 17.3 Å². The normalized spacial score (nSPS) is 10.2. The summed E-state index contributed by atoms with van der Waals surface area (Å²) < 4.78 is 0. The van der Waals surface area contributed by atoms with Crippen molar-refractivity contribution in [3.63, 3.8) is 0 Å². The van der Waals surface area contributed by atoms with Gasteiger partial charge in [0.15, 0.2) is 17.3 Å². The molecule has 2 aromatic rings. The van der Waals surface area contributed by atoms with E-state index >= 15 is 0 Å². The van der Waals surface area contributed by atoms with Crippen LogP contribution in [0.1, 0.15) is 21.5 Å². The molecule has 0 unspecified atom stereocenters. The molecule has 2 rings (SSSR count). The van der Waals surface area contributed by atoms with Gasteiger partial charge in [0, 0.05) is 11.1 Å². The van der Waals surface area contributed by atoms with Gasteiger partial charge in [-0.25, -0.2) is 0 Å². The third kappa shape index (κ3) is 2.28. The molecule has 0 aliphatic rings. The highest BCUT2D eigenvalue weighted by atomic mass is 16.3. The summed E-state index contributed by atoms with van der Waals surface area (Å²) >= 11 is 0. The second-order valence-corrected chi connectivity index (χ2v) is 3.90. The van der Waals surface area contributed by atoms with Gasteiger partial charge >= 0.3 is 0 Å². The minimum Gasteiger partial charge on any atom is -0.504 e. The van der Waals surface area contributed by atoms with E-state index in [4.69, 9.17) is 0 Å². The molecule has 2 aromatic carbocycles. The third-order valence-electron chi connectivity index (χ3n) is 2.55. The number of carbonyl (C=O) groups is 1. The summed E-state index contributed by atoms with van der Waals surface area (Å²) in [5, 5.41) is 18.5. The Balaban J connectivity index is 2.37. The van der Waals surface area contributed by atoms with E-state index in [9.17, 15) is 15.0 Å². The molecule has 86 valence electrons. The molecular formula is C14H12O3. The molecule has 2 N–H and O–H groups in total. The van der Waals surface area contributed by atoms with Gasteiger partial charge in [0.2, 0.25) is 0 Å². The number of hydrogen-bond acceptors (Lipinski definition) is 3. The Morgan fingerprint density at radius 3 is 2.06 bits per heavy atom. The van der Waals surface area contributed by atoms with Crippen molar-refractivity contribution in [1.82, 2.24) is 0 Å². The summed E-state index contributed by atoms with van der Waals surface area (Å²) in [5.41, 5.74) is 1.99. The average Bonchev–Trinajstić information content (AvgIpc) is 2.33. The molecule has 0 atom stereocenters. The number of ketones is 1. The van der Waals surface area contributed by atoms with Crippen molar-refractivity contribution >= 4 is 5.78 Å². The molecule has 0 radical (unpaired) electrons. The minimum absolute atomic E-state index is 0.180. The van der Waals surface area contributed by atoms with Crippen molar-refractivity contribution in [2.24, 2.45) is 0 Å². The molecule has 0 saturated carbocycles. The maximum absolute atomic E-state index is 12.0. The van der Waals surface area contributed by atoms with Crippen LogP contribution < -0.4 is 0 Å². The molecule has 0 aromatic heterocycles. The van der Waals surface area contributed by atoms with Gasteiger partial charge in [0.05, 0.1) is 0 Å². The number of carbonyl (C=O) groups excluding carboxylic acids is 1. The van der Waals surface area contributed by atoms with Crippen LogP contribution in [0.2, 0.25) is 0 Å². The molecule has 3 heteroatoms. The first-order valence-corrected chi connectivity index (χ1v) is 5.21. The SMILES string of the molecule is Cc1ccc(C(=O)c2ccc(O)c(O)c2)cc1. The Morgan fingerprint density at radius 1 is 0.882 bits per heavy atom. The van der Waals surface area contributed by atoms with Gasteiger partial charge < -0.3 is 10.2 Å². The lowest BCUT2D eigenvalue weighted by atomic mass is 10.0. The van der Waals surface area contributed by atoms with Crippen molar-refractivity contribution in [3.8, 4) is 11.5 Å². The lowest BCUT2D eigenvalue weighted by Gasteiger charge is -2.03. The van der Waals surface area contributed by atoms with Crippen molar-refractivity contribution < 1.29 is 15.0 Å². The monoisotopic (exact) mass is 228 g/mol. The lowest BCUT2D eigenvalue weighted by molar-refractivity contribution is 0.103. The summed E-state index contributed by atoms with van der Waals surface area (Å²) in [6.45, 7) is 1.95. The van der Waals surface area contributed by atoms with Crippen LogP contribution in [0.5, 0.6) is 11.5 Å². The van der Waals surface area contributed by atoms with E-state index < -0.39 is 0 Å². The zero-order valence-electron chi connectivity index (χ0n) is 9.34. The van der Waals surface area contributed by atoms with Gasteiger partial charge in [0.25, 0.3) is 0 Å². The molecular weight excluding hydrogens is 216 g/mol. The molecule has 0 bridgehead atoms. The van der Waals surface area contributed by atoms with E-state index in [2.05, 4.69) is 0 Å². The van der Waals surface area contributed by atoms with Crippen molar-refractivity contribution in [2.75, 3.05) is 0 Å². The molecule has 0 heterocycles. The zero-order chi connectivity index (χ0) is 12.4. The van der Waals surface area contributed by atoms with Crippen LogP contribution in [0.15, 0.2) is 42.5 Å². The van der Waals surface area contributed by atoms with Crippen LogP contribution >= 0.6 is 0 Å². The average molecular weight is 228 g/mol. The number of hydrogen-bond donors (Lipinski definition) is 2. The predicted octanol–water partition coefficient (Wildman–Crippen LogP) is 2.64. The standard InChI is InChI=1S/C14H12O3/c1-9-2-4-10(5-3-9)14(17)11-6-7-12(15)13(16)8-11/h2-8,15-16H,1H3. The summed E-state index contributed by atoms with van der Waals surface area (Å²) in [6.07, 6.45) is 0. The highest BCUT2D eigenvalue weighted by molar-refractivity contribution is 6.09. The van der Waals surface area contributed by atoms with Crippen LogP contribution in [-0.4, -0.2) is 16.0 Å². The van der Waals surface area contributed by atoms with Gasteiger partial charge in [-0.15, -0.1) is 0 Å². The van der Waals surface area contributed by atoms with Crippen LogP contribution in [0.25, 0.3) is 0 Å². The van der Waals surface area contributed by atoms with Gasteiger partial charge in [0.1, 0.15) is 0 Å². The number of benzene rings is 2. The Kier molecular flexibility index (Phi) is 2.83. The van der Waals surface area contributed by atoms with Gasteiger partial charge in [-0.2, -0.15) is 0 Å². The fourth-order valence-electron chi connectivity index (χ4n) is 1.54. The fourth-order valence-corrected chi connectivity index (χ4v) is 1.54. The van der Waals surface area contributed by atoms with Crippen LogP contribution in [-0.2, 0) is 0 Å². The van der Waals surface area contributed by atoms with Gasteiger partial charge in [-0.3, -0.25) is 4.79 Å². The smallest absolute Gasteiger partial charge is 0.193 e. The molecule has 0 spiro atoms. The van der Waals surface area contributed by atoms with Crippen molar-refractivity contribution in [2.45, 2.75) is 6.92 Å². The molecule has 3 nitrogen and oxygen atoms in total. The van der Waals surface area contributed by atoms with Crippen LogP contribution in [0.3, 0.4) is 0 Å². The Hall–Kier alpha value is -2.29. The third-order valence-corrected chi connectivity index (χ3v) is 2.55. The van der Waals surface area contributed by atoms with Gasteiger partial charge in [-0.05, 0) is 25.1 Å². The number of phenols is 2. The van der Waals surface area contributed by atoms with Crippen LogP contribution in [0, 0.1) is 6.92 Å². The topological polar surface area (TPSA) is 57.5 Å². The molecule has 0 aliphatic carbocycles.